The molecule has 1 N–H and O–H groups in total. The maximum atomic E-state index is 9.98. The molecule has 1 heteroatoms. The van der Waals surface area contributed by atoms with Crippen LogP contribution < -0.4 is 0 Å². The van der Waals surface area contributed by atoms with Crippen molar-refractivity contribution in [3.8, 4) is 0 Å². The maximum Gasteiger partial charge on any atom is 0.0865 e. The highest BCUT2D eigenvalue weighted by molar-refractivity contribution is 5.35. The highest BCUT2D eigenvalue weighted by Crippen LogP contribution is 2.26. The maximum absolute atomic E-state index is 9.98. The lowest BCUT2D eigenvalue weighted by molar-refractivity contribution is 0.0966. The smallest absolute Gasteiger partial charge is 0.0865 e. The van der Waals surface area contributed by atoms with Crippen LogP contribution in [0.25, 0.3) is 0 Å². The van der Waals surface area contributed by atoms with Crippen molar-refractivity contribution < 1.29 is 5.11 Å². The lowest BCUT2D eigenvalue weighted by Gasteiger charge is -2.25. The largest absolute Gasteiger partial charge is 0.385 e. The molecule has 0 radical (unpaired) electrons. The van der Waals surface area contributed by atoms with Crippen LogP contribution in [0.4, 0.5) is 0 Å². The Morgan fingerprint density at radius 3 is 2.08 bits per heavy atom. The van der Waals surface area contributed by atoms with Crippen LogP contribution >= 0.6 is 0 Å². The number of allylic oxidation sites excluding steroid dienone is 2. The van der Waals surface area contributed by atoms with E-state index in [4.69, 9.17) is 0 Å². The van der Waals surface area contributed by atoms with E-state index >= 15 is 0 Å². The summed E-state index contributed by atoms with van der Waals surface area (Å²) < 4.78 is 0. The first-order valence-electron chi connectivity index (χ1n) is 4.52. The normalized spacial score (nSPS) is 19.2. The van der Waals surface area contributed by atoms with Gasteiger partial charge in [0.25, 0.3) is 0 Å². The number of hydrogen-bond donors (Lipinski definition) is 1. The Labute approximate surface area is 75.8 Å². The van der Waals surface area contributed by atoms with Crippen LogP contribution in [0.3, 0.4) is 0 Å². The molecule has 0 saturated carbocycles. The van der Waals surface area contributed by atoms with Crippen LogP contribution in [-0.2, 0) is 0 Å². The molecule has 0 aliphatic heterocycles. The van der Waals surface area contributed by atoms with E-state index in [0.29, 0.717) is 0 Å². The third-order valence-electron chi connectivity index (χ3n) is 2.42. The van der Waals surface area contributed by atoms with Gasteiger partial charge in [0.05, 0.1) is 5.60 Å². The summed E-state index contributed by atoms with van der Waals surface area (Å²) in [7, 11) is 0. The van der Waals surface area contributed by atoms with E-state index in [1.54, 1.807) is 0 Å². The molecule has 1 unspecified atom stereocenters. The molecular weight excluding hydrogens is 148 g/mol. The van der Waals surface area contributed by atoms with Gasteiger partial charge >= 0.3 is 0 Å². The molecule has 0 saturated heterocycles. The first-order chi connectivity index (χ1) is 5.49. The Balaban J connectivity index is 4.83. The molecule has 1 atom stereocenters. The van der Waals surface area contributed by atoms with Crippen molar-refractivity contribution in [2.45, 2.75) is 46.6 Å². The second-order valence-corrected chi connectivity index (χ2v) is 3.30. The van der Waals surface area contributed by atoms with Crippen LogP contribution in [0.2, 0.25) is 0 Å². The molecule has 0 spiro atoms. The van der Waals surface area contributed by atoms with Crippen LogP contribution in [0.1, 0.15) is 41.0 Å². The van der Waals surface area contributed by atoms with Crippen LogP contribution in [0.5, 0.6) is 0 Å². The number of rotatable bonds is 3. The van der Waals surface area contributed by atoms with E-state index in [-0.39, 0.29) is 0 Å². The van der Waals surface area contributed by atoms with Crippen molar-refractivity contribution in [2.24, 2.45) is 0 Å². The highest BCUT2D eigenvalue weighted by atomic mass is 16.3. The van der Waals surface area contributed by atoms with Gasteiger partial charge in [0.1, 0.15) is 0 Å². The van der Waals surface area contributed by atoms with Crippen LogP contribution in [0.15, 0.2) is 23.3 Å². The van der Waals surface area contributed by atoms with Gasteiger partial charge in [-0.1, -0.05) is 19.1 Å². The standard InChI is InChI=1S/C11H20O/c1-6-9(4)10(7-2)11(5,12)8-3/h6-7,12H,8H2,1-5H3. The summed E-state index contributed by atoms with van der Waals surface area (Å²) >= 11 is 0. The summed E-state index contributed by atoms with van der Waals surface area (Å²) in [4.78, 5) is 0. The zero-order valence-electron chi connectivity index (χ0n) is 8.81. The van der Waals surface area contributed by atoms with Crippen LogP contribution in [-0.4, -0.2) is 10.7 Å². The predicted octanol–water partition coefficient (Wildman–Crippen LogP) is 3.06. The molecule has 0 aromatic heterocycles. The van der Waals surface area contributed by atoms with E-state index in [2.05, 4.69) is 0 Å². The van der Waals surface area contributed by atoms with Gasteiger partial charge in [-0.15, -0.1) is 0 Å². The molecule has 0 fully saturated rings. The molecule has 0 amide bonds. The van der Waals surface area contributed by atoms with Crippen molar-refractivity contribution in [3.05, 3.63) is 23.3 Å². The van der Waals surface area contributed by atoms with E-state index in [1.807, 2.05) is 46.8 Å². The van der Waals surface area contributed by atoms with E-state index in [1.165, 1.54) is 0 Å². The SMILES string of the molecule is CC=C(C)C(=CC)C(C)(O)CC. The quantitative estimate of drug-likeness (QED) is 0.642. The Morgan fingerprint density at radius 2 is 1.83 bits per heavy atom. The van der Waals surface area contributed by atoms with E-state index < -0.39 is 5.60 Å². The third kappa shape index (κ3) is 2.49. The lowest BCUT2D eigenvalue weighted by Crippen LogP contribution is -2.26. The molecule has 0 aromatic carbocycles. The molecule has 0 aliphatic rings. The summed E-state index contributed by atoms with van der Waals surface area (Å²) in [6, 6.07) is 0. The topological polar surface area (TPSA) is 20.2 Å². The molecule has 0 rings (SSSR count). The zero-order chi connectivity index (χ0) is 9.78. The van der Waals surface area contributed by atoms with Gasteiger partial charge in [0.15, 0.2) is 0 Å². The zero-order valence-corrected chi connectivity index (χ0v) is 8.81. The average molecular weight is 168 g/mol. The van der Waals surface area contributed by atoms with Gasteiger partial charge in [-0.3, -0.25) is 0 Å². The van der Waals surface area contributed by atoms with Crippen LogP contribution in [0, 0.1) is 0 Å². The minimum Gasteiger partial charge on any atom is -0.385 e. The van der Waals surface area contributed by atoms with Crippen molar-refractivity contribution in [2.75, 3.05) is 0 Å². The number of hydrogen-bond acceptors (Lipinski definition) is 1. The molecular formula is C11H20O. The van der Waals surface area contributed by atoms with Gasteiger partial charge < -0.3 is 5.11 Å². The van der Waals surface area contributed by atoms with Gasteiger partial charge in [-0.2, -0.15) is 0 Å². The summed E-state index contributed by atoms with van der Waals surface area (Å²) in [5, 5.41) is 9.98. The molecule has 0 heterocycles. The average Bonchev–Trinajstić information content (AvgIpc) is 2.05. The van der Waals surface area contributed by atoms with E-state index in [9.17, 15) is 5.11 Å². The Morgan fingerprint density at radius 1 is 1.33 bits per heavy atom. The van der Waals surface area contributed by atoms with Gasteiger partial charge in [-0.05, 0) is 45.3 Å². The van der Waals surface area contributed by atoms with Gasteiger partial charge in [-0.25, -0.2) is 0 Å². The second kappa shape index (κ2) is 4.46. The highest BCUT2D eigenvalue weighted by Gasteiger charge is 2.23. The fourth-order valence-corrected chi connectivity index (χ4v) is 1.31. The molecule has 1 nitrogen and oxygen atoms in total. The van der Waals surface area contributed by atoms with Gasteiger partial charge in [0.2, 0.25) is 0 Å². The Bertz CT molecular complexity index is 197. The summed E-state index contributed by atoms with van der Waals surface area (Å²) in [6.07, 6.45) is 4.76. The first-order valence-corrected chi connectivity index (χ1v) is 4.52. The molecule has 0 aliphatic carbocycles. The Hall–Kier alpha value is -0.560. The Kier molecular flexibility index (Phi) is 4.25. The molecule has 0 bridgehead atoms. The number of aliphatic hydroxyl groups is 1. The minimum absolute atomic E-state index is 0.675. The molecule has 70 valence electrons. The van der Waals surface area contributed by atoms with Crippen molar-refractivity contribution in [3.63, 3.8) is 0 Å². The van der Waals surface area contributed by atoms with Gasteiger partial charge in [0, 0.05) is 0 Å². The van der Waals surface area contributed by atoms with Crippen molar-refractivity contribution in [1.82, 2.24) is 0 Å². The second-order valence-electron chi connectivity index (χ2n) is 3.30. The van der Waals surface area contributed by atoms with E-state index in [0.717, 1.165) is 17.6 Å². The van der Waals surface area contributed by atoms with Crippen molar-refractivity contribution in [1.29, 1.82) is 0 Å². The molecule has 12 heavy (non-hydrogen) atoms. The minimum atomic E-state index is -0.675. The predicted molar refractivity (Wildman–Crippen MR) is 54.1 cm³/mol. The summed E-state index contributed by atoms with van der Waals surface area (Å²) in [5.74, 6) is 0. The molecule has 0 aromatic rings. The fraction of sp³-hybridized carbons (Fsp3) is 0.636. The lowest BCUT2D eigenvalue weighted by atomic mass is 9.88. The summed E-state index contributed by atoms with van der Waals surface area (Å²) in [5.41, 5.74) is 1.52. The summed E-state index contributed by atoms with van der Waals surface area (Å²) in [6.45, 7) is 9.83. The monoisotopic (exact) mass is 168 g/mol. The van der Waals surface area contributed by atoms with Crippen molar-refractivity contribution >= 4 is 0 Å². The first kappa shape index (κ1) is 11.4. The third-order valence-corrected chi connectivity index (χ3v) is 2.42. The fourth-order valence-electron chi connectivity index (χ4n) is 1.31.